The molecule has 0 aromatic heterocycles. The van der Waals surface area contributed by atoms with Crippen LogP contribution in [-0.4, -0.2) is 24.3 Å². The Kier molecular flexibility index (Phi) is 5.21. The molecule has 4 nitrogen and oxygen atoms in total. The van der Waals surface area contributed by atoms with Gasteiger partial charge < -0.3 is 14.6 Å². The van der Waals surface area contributed by atoms with Gasteiger partial charge in [-0.05, 0) is 37.3 Å². The van der Waals surface area contributed by atoms with Crippen LogP contribution in [0.1, 0.15) is 22.3 Å². The second-order valence-corrected chi connectivity index (χ2v) is 4.70. The average Bonchev–Trinajstić information content (AvgIpc) is 2.49. The molecule has 0 unspecified atom stereocenters. The van der Waals surface area contributed by atoms with Gasteiger partial charge in [-0.1, -0.05) is 23.8 Å². The molecule has 21 heavy (non-hydrogen) atoms. The molecule has 1 N–H and O–H groups in total. The Hall–Kier alpha value is -2.49. The van der Waals surface area contributed by atoms with Crippen LogP contribution in [0.2, 0.25) is 0 Å². The maximum atomic E-state index is 10.8. The summed E-state index contributed by atoms with van der Waals surface area (Å²) in [6.45, 7) is 3.07. The number of aryl methyl sites for hydroxylation is 1. The second-order valence-electron chi connectivity index (χ2n) is 4.70. The number of hydrogen-bond donors (Lipinski definition) is 1. The van der Waals surface area contributed by atoms with Gasteiger partial charge in [0, 0.05) is 6.42 Å². The van der Waals surface area contributed by atoms with Crippen molar-refractivity contribution in [2.45, 2.75) is 13.3 Å². The monoisotopic (exact) mass is 286 g/mol. The van der Waals surface area contributed by atoms with Gasteiger partial charge in [-0.15, -0.1) is 0 Å². The van der Waals surface area contributed by atoms with Crippen LogP contribution >= 0.6 is 0 Å². The van der Waals surface area contributed by atoms with E-state index >= 15 is 0 Å². The minimum absolute atomic E-state index is 0.225. The molecule has 0 bridgehead atoms. The molecule has 0 fully saturated rings. The molecular formula is C17H18O4. The van der Waals surface area contributed by atoms with Crippen molar-refractivity contribution in [1.82, 2.24) is 0 Å². The van der Waals surface area contributed by atoms with E-state index in [-0.39, 0.29) is 5.56 Å². The zero-order valence-corrected chi connectivity index (χ0v) is 11.9. The number of ether oxygens (including phenoxy) is 2. The smallest absolute Gasteiger partial charge is 0.335 e. The molecule has 0 aliphatic carbocycles. The lowest BCUT2D eigenvalue weighted by molar-refractivity contribution is 0.0696. The zero-order valence-electron chi connectivity index (χ0n) is 11.9. The summed E-state index contributed by atoms with van der Waals surface area (Å²) in [5, 5.41) is 8.89. The van der Waals surface area contributed by atoms with Crippen molar-refractivity contribution in [3.63, 3.8) is 0 Å². The molecule has 0 aliphatic rings. The summed E-state index contributed by atoms with van der Waals surface area (Å²) in [5.41, 5.74) is 1.42. The summed E-state index contributed by atoms with van der Waals surface area (Å²) in [4.78, 5) is 10.8. The van der Waals surface area contributed by atoms with Crippen molar-refractivity contribution >= 4 is 5.97 Å². The molecule has 2 aromatic rings. The first-order valence-corrected chi connectivity index (χ1v) is 6.81. The van der Waals surface area contributed by atoms with E-state index in [0.717, 1.165) is 12.2 Å². The van der Waals surface area contributed by atoms with Crippen molar-refractivity contribution in [3.8, 4) is 11.5 Å². The fraction of sp³-hybridized carbons (Fsp3) is 0.235. The van der Waals surface area contributed by atoms with Gasteiger partial charge in [0.1, 0.15) is 11.5 Å². The highest BCUT2D eigenvalue weighted by Gasteiger charge is 2.03. The van der Waals surface area contributed by atoms with Gasteiger partial charge in [-0.25, -0.2) is 4.79 Å². The predicted octanol–water partition coefficient (Wildman–Crippen LogP) is 3.54. The number of carboxylic acids is 1. The Morgan fingerprint density at radius 3 is 2.33 bits per heavy atom. The predicted molar refractivity (Wildman–Crippen MR) is 80.2 cm³/mol. The van der Waals surface area contributed by atoms with E-state index in [4.69, 9.17) is 14.6 Å². The first kappa shape index (κ1) is 14.9. The van der Waals surface area contributed by atoms with Crippen LogP contribution in [0.5, 0.6) is 11.5 Å². The van der Waals surface area contributed by atoms with Crippen LogP contribution in [0.3, 0.4) is 0 Å². The third-order valence-corrected chi connectivity index (χ3v) is 2.93. The topological polar surface area (TPSA) is 55.8 Å². The van der Waals surface area contributed by atoms with Crippen molar-refractivity contribution in [1.29, 1.82) is 0 Å². The first-order valence-electron chi connectivity index (χ1n) is 6.81. The zero-order chi connectivity index (χ0) is 15.1. The fourth-order valence-electron chi connectivity index (χ4n) is 1.79. The van der Waals surface area contributed by atoms with Crippen molar-refractivity contribution in [2.24, 2.45) is 0 Å². The van der Waals surface area contributed by atoms with Crippen LogP contribution in [0.25, 0.3) is 0 Å². The highest BCUT2D eigenvalue weighted by atomic mass is 16.5. The largest absolute Gasteiger partial charge is 0.493 e. The standard InChI is InChI=1S/C17H18O4/c1-13-6-8-15(9-7-13)20-10-3-11-21-16-5-2-4-14(12-16)17(18)19/h2,4-9,12H,3,10-11H2,1H3,(H,18,19). The van der Waals surface area contributed by atoms with Crippen molar-refractivity contribution in [2.75, 3.05) is 13.2 Å². The molecule has 0 radical (unpaired) electrons. The van der Waals surface area contributed by atoms with E-state index in [1.165, 1.54) is 17.7 Å². The summed E-state index contributed by atoms with van der Waals surface area (Å²) < 4.78 is 11.1. The van der Waals surface area contributed by atoms with E-state index in [1.54, 1.807) is 12.1 Å². The van der Waals surface area contributed by atoms with E-state index in [9.17, 15) is 4.79 Å². The normalized spacial score (nSPS) is 10.1. The average molecular weight is 286 g/mol. The van der Waals surface area contributed by atoms with E-state index in [2.05, 4.69) is 0 Å². The number of carbonyl (C=O) groups is 1. The third-order valence-electron chi connectivity index (χ3n) is 2.93. The van der Waals surface area contributed by atoms with E-state index in [0.29, 0.717) is 19.0 Å². The molecule has 0 amide bonds. The highest BCUT2D eigenvalue weighted by molar-refractivity contribution is 5.87. The van der Waals surface area contributed by atoms with Crippen molar-refractivity contribution < 1.29 is 19.4 Å². The molecule has 0 saturated heterocycles. The summed E-state index contributed by atoms with van der Waals surface area (Å²) in [5.74, 6) is 0.446. The van der Waals surface area contributed by atoms with Gasteiger partial charge in [-0.3, -0.25) is 0 Å². The lowest BCUT2D eigenvalue weighted by Gasteiger charge is -2.08. The Morgan fingerprint density at radius 2 is 1.67 bits per heavy atom. The van der Waals surface area contributed by atoms with Crippen molar-refractivity contribution in [3.05, 3.63) is 59.7 Å². The summed E-state index contributed by atoms with van der Waals surface area (Å²) >= 11 is 0. The van der Waals surface area contributed by atoms with Crippen LogP contribution in [-0.2, 0) is 0 Å². The Labute approximate surface area is 123 Å². The van der Waals surface area contributed by atoms with E-state index < -0.39 is 5.97 Å². The van der Waals surface area contributed by atoms with E-state index in [1.807, 2.05) is 31.2 Å². The van der Waals surface area contributed by atoms with Gasteiger partial charge >= 0.3 is 5.97 Å². The van der Waals surface area contributed by atoms with Crippen LogP contribution in [0.4, 0.5) is 0 Å². The van der Waals surface area contributed by atoms with Crippen LogP contribution < -0.4 is 9.47 Å². The molecule has 110 valence electrons. The third kappa shape index (κ3) is 4.84. The molecule has 0 heterocycles. The number of hydrogen-bond acceptors (Lipinski definition) is 3. The highest BCUT2D eigenvalue weighted by Crippen LogP contribution is 2.14. The van der Waals surface area contributed by atoms with Crippen LogP contribution in [0, 0.1) is 6.92 Å². The first-order chi connectivity index (χ1) is 10.1. The maximum Gasteiger partial charge on any atom is 0.335 e. The molecule has 2 rings (SSSR count). The Balaban J connectivity index is 1.71. The summed E-state index contributed by atoms with van der Waals surface area (Å²) in [6, 6.07) is 14.3. The Bertz CT molecular complexity index is 590. The number of benzene rings is 2. The second kappa shape index (κ2) is 7.33. The number of rotatable bonds is 7. The SMILES string of the molecule is Cc1ccc(OCCCOc2cccc(C(=O)O)c2)cc1. The fourth-order valence-corrected chi connectivity index (χ4v) is 1.79. The van der Waals surface area contributed by atoms with Gasteiger partial charge in [0.15, 0.2) is 0 Å². The molecule has 4 heteroatoms. The summed E-state index contributed by atoms with van der Waals surface area (Å²) in [6.07, 6.45) is 0.727. The summed E-state index contributed by atoms with van der Waals surface area (Å²) in [7, 11) is 0. The Morgan fingerprint density at radius 1 is 1.00 bits per heavy atom. The molecule has 0 aliphatic heterocycles. The number of aromatic carboxylic acids is 1. The molecule has 0 saturated carbocycles. The van der Waals surface area contributed by atoms with Gasteiger partial charge in [0.25, 0.3) is 0 Å². The number of carboxylic acid groups (broad SMARTS) is 1. The molecule has 0 spiro atoms. The van der Waals surface area contributed by atoms with Gasteiger partial charge in [-0.2, -0.15) is 0 Å². The quantitative estimate of drug-likeness (QED) is 0.791. The van der Waals surface area contributed by atoms with Gasteiger partial charge in [0.2, 0.25) is 0 Å². The lowest BCUT2D eigenvalue weighted by atomic mass is 10.2. The molecule has 0 atom stereocenters. The minimum Gasteiger partial charge on any atom is -0.493 e. The van der Waals surface area contributed by atoms with Crippen LogP contribution in [0.15, 0.2) is 48.5 Å². The maximum absolute atomic E-state index is 10.8. The van der Waals surface area contributed by atoms with Gasteiger partial charge in [0.05, 0.1) is 18.8 Å². The molecular weight excluding hydrogens is 268 g/mol. The minimum atomic E-state index is -0.955. The molecule has 2 aromatic carbocycles. The lowest BCUT2D eigenvalue weighted by Crippen LogP contribution is -2.05.